The number of aromatic nitrogens is 1. The third kappa shape index (κ3) is 5.18. The van der Waals surface area contributed by atoms with Crippen LogP contribution < -0.4 is 34.0 Å². The molecule has 4 rings (SSSR count). The maximum absolute atomic E-state index is 13.9. The number of esters is 1. The summed E-state index contributed by atoms with van der Waals surface area (Å²) in [5.41, 5.74) is 0.984. The third-order valence-electron chi connectivity index (χ3n) is 6.48. The van der Waals surface area contributed by atoms with E-state index in [4.69, 9.17) is 23.4 Å². The van der Waals surface area contributed by atoms with Crippen LogP contribution >= 0.6 is 11.3 Å². The van der Waals surface area contributed by atoms with Gasteiger partial charge in [0.25, 0.3) is 5.56 Å². The molecule has 0 radical (unpaired) electrons. The highest BCUT2D eigenvalue weighted by Crippen LogP contribution is 2.42. The van der Waals surface area contributed by atoms with Crippen molar-refractivity contribution in [3.8, 4) is 17.2 Å². The van der Waals surface area contributed by atoms with Crippen LogP contribution in [0.1, 0.15) is 45.1 Å². The Kier molecular flexibility index (Phi) is 8.49. The van der Waals surface area contributed by atoms with E-state index in [2.05, 4.69) is 23.7 Å². The molecule has 0 fully saturated rings. The number of benzene rings is 1. The molecule has 0 saturated heterocycles. The van der Waals surface area contributed by atoms with E-state index in [1.54, 1.807) is 32.1 Å². The first-order valence-electron chi connectivity index (χ1n) is 12.7. The number of anilines is 1. The van der Waals surface area contributed by atoms with Crippen molar-refractivity contribution in [3.05, 3.63) is 66.5 Å². The summed E-state index contributed by atoms with van der Waals surface area (Å²) >= 11 is 1.22. The number of hydrogen-bond acceptors (Lipinski definition) is 10. The second-order valence-electron chi connectivity index (χ2n) is 8.61. The number of nitrogens with zero attached hydrogens (tertiary/aromatic N) is 3. The zero-order valence-electron chi connectivity index (χ0n) is 23.2. The first kappa shape index (κ1) is 28.0. The maximum Gasteiger partial charge on any atom is 0.338 e. The van der Waals surface area contributed by atoms with Gasteiger partial charge in [0.05, 0.1) is 49.8 Å². The molecule has 208 valence electrons. The van der Waals surface area contributed by atoms with Gasteiger partial charge in [0.15, 0.2) is 22.2 Å². The molecule has 1 aliphatic heterocycles. The molecule has 2 aromatic heterocycles. The first-order chi connectivity index (χ1) is 18.8. The molecule has 3 heterocycles. The molecule has 11 heteroatoms. The van der Waals surface area contributed by atoms with Gasteiger partial charge in [0.2, 0.25) is 5.75 Å². The molecular formula is C28H33N3O7S. The Balaban J connectivity index is 1.95. The number of carbonyl (C=O) groups excluding carboxylic acids is 1. The van der Waals surface area contributed by atoms with Gasteiger partial charge in [-0.1, -0.05) is 11.3 Å². The largest absolute Gasteiger partial charge is 0.493 e. The molecule has 0 N–H and O–H groups in total. The Morgan fingerprint density at radius 2 is 1.77 bits per heavy atom. The average Bonchev–Trinajstić information content (AvgIpc) is 3.51. The van der Waals surface area contributed by atoms with Gasteiger partial charge in [0, 0.05) is 25.2 Å². The predicted octanol–water partition coefficient (Wildman–Crippen LogP) is 3.26. The number of furan rings is 1. The van der Waals surface area contributed by atoms with Crippen LogP contribution in [0.2, 0.25) is 0 Å². The van der Waals surface area contributed by atoms with Gasteiger partial charge in [0.1, 0.15) is 5.76 Å². The van der Waals surface area contributed by atoms with E-state index in [-0.39, 0.29) is 17.7 Å². The van der Waals surface area contributed by atoms with E-state index in [1.165, 1.54) is 37.2 Å². The number of methoxy groups -OCH3 is 3. The van der Waals surface area contributed by atoms with Crippen LogP contribution in [-0.2, 0) is 9.53 Å². The van der Waals surface area contributed by atoms with Gasteiger partial charge < -0.3 is 28.3 Å². The minimum atomic E-state index is -0.834. The summed E-state index contributed by atoms with van der Waals surface area (Å²) in [6.45, 7) is 9.35. The number of allylic oxidation sites excluding steroid dienone is 1. The normalized spacial score (nSPS) is 15.1. The van der Waals surface area contributed by atoms with E-state index in [9.17, 15) is 9.59 Å². The number of carbonyl (C=O) groups is 1. The molecular weight excluding hydrogens is 522 g/mol. The Morgan fingerprint density at radius 3 is 2.33 bits per heavy atom. The summed E-state index contributed by atoms with van der Waals surface area (Å²) in [4.78, 5) is 34.2. The molecule has 3 aromatic rings. The van der Waals surface area contributed by atoms with Crippen molar-refractivity contribution < 1.29 is 28.2 Å². The van der Waals surface area contributed by atoms with Crippen molar-refractivity contribution in [2.75, 3.05) is 45.9 Å². The van der Waals surface area contributed by atoms with E-state index in [1.807, 2.05) is 12.1 Å². The fourth-order valence-electron chi connectivity index (χ4n) is 4.62. The van der Waals surface area contributed by atoms with Crippen molar-refractivity contribution in [1.29, 1.82) is 0 Å². The highest BCUT2D eigenvalue weighted by atomic mass is 32.1. The molecule has 1 aliphatic rings. The molecule has 1 aromatic carbocycles. The topological polar surface area (TPSA) is 105 Å². The van der Waals surface area contributed by atoms with Crippen molar-refractivity contribution in [2.24, 2.45) is 4.99 Å². The van der Waals surface area contributed by atoms with Crippen LogP contribution in [0.3, 0.4) is 0 Å². The molecule has 0 spiro atoms. The van der Waals surface area contributed by atoms with Gasteiger partial charge in [-0.2, -0.15) is 0 Å². The highest BCUT2D eigenvalue weighted by Gasteiger charge is 2.34. The molecule has 0 aliphatic carbocycles. The third-order valence-corrected chi connectivity index (χ3v) is 7.46. The highest BCUT2D eigenvalue weighted by molar-refractivity contribution is 7.07. The lowest BCUT2D eigenvalue weighted by Crippen LogP contribution is -2.40. The van der Waals surface area contributed by atoms with E-state index in [0.29, 0.717) is 43.6 Å². The minimum absolute atomic E-state index is 0.176. The summed E-state index contributed by atoms with van der Waals surface area (Å²) < 4.78 is 29.9. The standard InChI is InChI=1S/C28H33N3O7S/c1-8-30(9-2)22-12-11-18(38-22)15-21-26(32)31-24(17-13-19(34-5)25(36-7)20(14-17)35-6)23(27(33)37-10-3)16(4)29-28(31)39-21/h11-15,24H,8-10H2,1-7H3/b21-15-/t24-/m0/s1. The summed E-state index contributed by atoms with van der Waals surface area (Å²) in [6.07, 6.45) is 1.70. The van der Waals surface area contributed by atoms with Crippen molar-refractivity contribution in [3.63, 3.8) is 0 Å². The number of rotatable bonds is 10. The SMILES string of the molecule is CCOC(=O)C1=C(C)N=c2s/c(=C\c3ccc(N(CC)CC)o3)c(=O)n2[C@H]1c1cc(OC)c(OC)c(OC)c1. The molecule has 39 heavy (non-hydrogen) atoms. The molecule has 1 atom stereocenters. The average molecular weight is 556 g/mol. The molecule has 0 bridgehead atoms. The number of thiazole rings is 1. The lowest BCUT2D eigenvalue weighted by molar-refractivity contribution is -0.139. The zero-order chi connectivity index (χ0) is 28.3. The van der Waals surface area contributed by atoms with Crippen LogP contribution in [0.5, 0.6) is 17.2 Å². The molecule has 0 saturated carbocycles. The van der Waals surface area contributed by atoms with Gasteiger partial charge in [-0.15, -0.1) is 0 Å². The monoisotopic (exact) mass is 555 g/mol. The minimum Gasteiger partial charge on any atom is -0.493 e. The van der Waals surface area contributed by atoms with Crippen molar-refractivity contribution in [1.82, 2.24) is 4.57 Å². The Bertz CT molecular complexity index is 1550. The van der Waals surface area contributed by atoms with Gasteiger partial charge in [-0.3, -0.25) is 9.36 Å². The fraction of sp³-hybridized carbons (Fsp3) is 0.393. The second-order valence-corrected chi connectivity index (χ2v) is 9.62. The quantitative estimate of drug-likeness (QED) is 0.351. The second kappa shape index (κ2) is 11.8. The summed E-state index contributed by atoms with van der Waals surface area (Å²) in [5, 5.41) is 0. The maximum atomic E-state index is 13.9. The van der Waals surface area contributed by atoms with Crippen LogP contribution in [0.4, 0.5) is 5.88 Å². The fourth-order valence-corrected chi connectivity index (χ4v) is 5.65. The van der Waals surface area contributed by atoms with Gasteiger partial charge >= 0.3 is 5.97 Å². The smallest absolute Gasteiger partial charge is 0.338 e. The lowest BCUT2D eigenvalue weighted by atomic mass is 9.95. The molecule has 10 nitrogen and oxygen atoms in total. The van der Waals surface area contributed by atoms with Crippen LogP contribution in [0.25, 0.3) is 6.08 Å². The Labute approximate surface area is 230 Å². The van der Waals surface area contributed by atoms with Gasteiger partial charge in [-0.25, -0.2) is 9.79 Å². The zero-order valence-corrected chi connectivity index (χ0v) is 24.0. The van der Waals surface area contributed by atoms with Crippen LogP contribution in [0, 0.1) is 0 Å². The summed E-state index contributed by atoms with van der Waals surface area (Å²) in [7, 11) is 4.53. The predicted molar refractivity (Wildman–Crippen MR) is 149 cm³/mol. The molecule has 0 amide bonds. The number of ether oxygens (including phenoxy) is 4. The van der Waals surface area contributed by atoms with E-state index in [0.717, 1.165) is 19.0 Å². The Hall–Kier alpha value is -3.99. The Morgan fingerprint density at radius 1 is 1.10 bits per heavy atom. The lowest BCUT2D eigenvalue weighted by Gasteiger charge is -2.26. The summed E-state index contributed by atoms with van der Waals surface area (Å²) in [6, 6.07) is 6.34. The van der Waals surface area contributed by atoms with Crippen LogP contribution in [-0.4, -0.2) is 51.6 Å². The van der Waals surface area contributed by atoms with E-state index >= 15 is 0 Å². The number of fused-ring (bicyclic) bond motifs is 1. The van der Waals surface area contributed by atoms with Crippen LogP contribution in [0.15, 0.2) is 49.7 Å². The summed E-state index contributed by atoms with van der Waals surface area (Å²) in [5.74, 6) is 1.92. The number of hydrogen-bond donors (Lipinski definition) is 0. The van der Waals surface area contributed by atoms with Crippen molar-refractivity contribution >= 4 is 29.3 Å². The van der Waals surface area contributed by atoms with Gasteiger partial charge in [-0.05, 0) is 51.5 Å². The first-order valence-corrected chi connectivity index (χ1v) is 13.5. The molecule has 0 unspecified atom stereocenters. The van der Waals surface area contributed by atoms with Crippen molar-refractivity contribution in [2.45, 2.75) is 33.7 Å². The van der Waals surface area contributed by atoms with E-state index < -0.39 is 12.0 Å².